The van der Waals surface area contributed by atoms with Crippen LogP contribution in [-0.2, 0) is 47.6 Å². The molecule has 10 nitrogen and oxygen atoms in total. The molecule has 0 saturated carbocycles. The highest BCUT2D eigenvalue weighted by molar-refractivity contribution is 5.68. The molecule has 1 heterocycles. The van der Waals surface area contributed by atoms with E-state index >= 15 is 0 Å². The van der Waals surface area contributed by atoms with E-state index in [-0.39, 0.29) is 13.2 Å². The molecule has 0 amide bonds. The smallest absolute Gasteiger partial charge is 0.303 e. The monoisotopic (exact) mass is 482 g/mol. The molecule has 1 aliphatic heterocycles. The molecule has 34 heavy (non-hydrogen) atoms. The minimum absolute atomic E-state index is 0.191. The van der Waals surface area contributed by atoms with Crippen molar-refractivity contribution in [2.45, 2.75) is 84.6 Å². The Balaban J connectivity index is 2.28. The van der Waals surface area contributed by atoms with Crippen LogP contribution in [0.15, 0.2) is 23.8 Å². The van der Waals surface area contributed by atoms with Gasteiger partial charge in [-0.05, 0) is 37.7 Å². The van der Waals surface area contributed by atoms with E-state index in [1.54, 1.807) is 0 Å². The first-order valence-corrected chi connectivity index (χ1v) is 11.2. The maximum Gasteiger partial charge on any atom is 0.303 e. The summed E-state index contributed by atoms with van der Waals surface area (Å²) in [5.41, 5.74) is 2.18. The largest absolute Gasteiger partial charge is 0.463 e. The number of carbonyl (C=O) groups is 4. The summed E-state index contributed by atoms with van der Waals surface area (Å²) in [5.74, 6) is -2.19. The van der Waals surface area contributed by atoms with Crippen molar-refractivity contribution in [3.8, 4) is 0 Å². The molecule has 0 bridgehead atoms. The molecule has 0 aromatic rings. The van der Waals surface area contributed by atoms with Gasteiger partial charge in [0.15, 0.2) is 24.6 Å². The van der Waals surface area contributed by atoms with Gasteiger partial charge < -0.3 is 28.4 Å². The minimum atomic E-state index is -1.24. The number of rotatable bonds is 9. The van der Waals surface area contributed by atoms with Gasteiger partial charge in [0.1, 0.15) is 12.7 Å². The van der Waals surface area contributed by atoms with Crippen molar-refractivity contribution in [1.29, 1.82) is 0 Å². The Bertz CT molecular complexity index is 817. The lowest BCUT2D eigenvalue weighted by atomic mass is 9.86. The van der Waals surface area contributed by atoms with Crippen molar-refractivity contribution in [2.75, 3.05) is 13.2 Å². The van der Waals surface area contributed by atoms with E-state index in [0.717, 1.165) is 30.4 Å². The van der Waals surface area contributed by atoms with Gasteiger partial charge in [0.2, 0.25) is 0 Å². The summed E-state index contributed by atoms with van der Waals surface area (Å²) in [6.07, 6.45) is -1.14. The van der Waals surface area contributed by atoms with Crippen molar-refractivity contribution in [3.63, 3.8) is 0 Å². The first-order valence-electron chi connectivity index (χ1n) is 11.2. The summed E-state index contributed by atoms with van der Waals surface area (Å²) in [6.45, 7) is 10.7. The fraction of sp³-hybridized carbons (Fsp3) is 0.667. The Morgan fingerprint density at radius 1 is 0.912 bits per heavy atom. The third-order valence-corrected chi connectivity index (χ3v) is 5.58. The van der Waals surface area contributed by atoms with Crippen molar-refractivity contribution in [2.24, 2.45) is 5.92 Å². The highest BCUT2D eigenvalue weighted by Gasteiger charge is 2.52. The van der Waals surface area contributed by atoms with E-state index in [1.807, 2.05) is 6.92 Å². The first kappa shape index (κ1) is 27.5. The van der Waals surface area contributed by atoms with E-state index in [0.29, 0.717) is 5.92 Å². The van der Waals surface area contributed by atoms with E-state index in [2.05, 4.69) is 12.7 Å². The van der Waals surface area contributed by atoms with E-state index in [1.165, 1.54) is 27.7 Å². The Kier molecular flexibility index (Phi) is 10.2. The molecule has 6 atom stereocenters. The topological polar surface area (TPSA) is 124 Å². The third-order valence-electron chi connectivity index (χ3n) is 5.58. The fourth-order valence-corrected chi connectivity index (χ4v) is 3.98. The zero-order valence-corrected chi connectivity index (χ0v) is 20.4. The van der Waals surface area contributed by atoms with Crippen molar-refractivity contribution in [3.05, 3.63) is 23.8 Å². The maximum atomic E-state index is 11.9. The van der Waals surface area contributed by atoms with Crippen LogP contribution in [-0.4, -0.2) is 67.8 Å². The molecule has 1 unspecified atom stereocenters. The number of hydrogen-bond acceptors (Lipinski definition) is 10. The van der Waals surface area contributed by atoms with Gasteiger partial charge in [-0.15, -0.1) is 0 Å². The van der Waals surface area contributed by atoms with Crippen LogP contribution in [0.3, 0.4) is 0 Å². The fourth-order valence-electron chi connectivity index (χ4n) is 3.98. The van der Waals surface area contributed by atoms with Crippen LogP contribution in [0.4, 0.5) is 0 Å². The number of allylic oxidation sites excluding steroid dienone is 2. The Labute approximate surface area is 199 Å². The van der Waals surface area contributed by atoms with Gasteiger partial charge in [-0.2, -0.15) is 0 Å². The van der Waals surface area contributed by atoms with E-state index in [9.17, 15) is 19.2 Å². The summed E-state index contributed by atoms with van der Waals surface area (Å²) in [7, 11) is 0. The predicted octanol–water partition coefficient (Wildman–Crippen LogP) is 2.39. The molecule has 0 aromatic heterocycles. The number of ether oxygens (including phenoxy) is 6. The van der Waals surface area contributed by atoms with Crippen LogP contribution >= 0.6 is 0 Å². The molecule has 0 spiro atoms. The third kappa shape index (κ3) is 8.25. The highest BCUT2D eigenvalue weighted by atomic mass is 16.7. The van der Waals surface area contributed by atoms with Gasteiger partial charge >= 0.3 is 23.9 Å². The average Bonchev–Trinajstić information content (AvgIpc) is 2.73. The molecule has 1 saturated heterocycles. The highest BCUT2D eigenvalue weighted by Crippen LogP contribution is 2.32. The summed E-state index contributed by atoms with van der Waals surface area (Å²) < 4.78 is 33.1. The lowest BCUT2D eigenvalue weighted by molar-refractivity contribution is -0.306. The summed E-state index contributed by atoms with van der Waals surface area (Å²) in [5, 5.41) is 0. The van der Waals surface area contributed by atoms with Gasteiger partial charge in [-0.3, -0.25) is 19.2 Å². The molecule has 10 heteroatoms. The molecule has 190 valence electrons. The average molecular weight is 483 g/mol. The van der Waals surface area contributed by atoms with Crippen LogP contribution in [0, 0.1) is 5.92 Å². The minimum Gasteiger partial charge on any atom is -0.463 e. The van der Waals surface area contributed by atoms with Crippen LogP contribution in [0.25, 0.3) is 0 Å². The quantitative estimate of drug-likeness (QED) is 0.275. The summed E-state index contributed by atoms with van der Waals surface area (Å²) in [4.78, 5) is 46.9. The molecule has 0 aromatic carbocycles. The van der Waals surface area contributed by atoms with Gasteiger partial charge in [0.05, 0.1) is 6.61 Å². The normalized spacial score (nSPS) is 28.8. The predicted molar refractivity (Wildman–Crippen MR) is 118 cm³/mol. The van der Waals surface area contributed by atoms with Crippen LogP contribution in [0.2, 0.25) is 0 Å². The molecule has 0 N–H and O–H groups in total. The lowest BCUT2D eigenvalue weighted by Gasteiger charge is -2.44. The van der Waals surface area contributed by atoms with Gasteiger partial charge in [-0.1, -0.05) is 18.2 Å². The van der Waals surface area contributed by atoms with Gasteiger partial charge in [0, 0.05) is 27.7 Å². The van der Waals surface area contributed by atoms with Crippen molar-refractivity contribution >= 4 is 23.9 Å². The van der Waals surface area contributed by atoms with Gasteiger partial charge in [-0.25, -0.2) is 0 Å². The number of esters is 4. The summed E-state index contributed by atoms with van der Waals surface area (Å²) in [6, 6.07) is 0. The Morgan fingerprint density at radius 2 is 1.50 bits per heavy atom. The zero-order valence-electron chi connectivity index (χ0n) is 20.4. The molecule has 1 aliphatic carbocycles. The van der Waals surface area contributed by atoms with E-state index < -0.39 is 54.6 Å². The maximum absolute atomic E-state index is 11.9. The summed E-state index contributed by atoms with van der Waals surface area (Å²) >= 11 is 0. The van der Waals surface area contributed by atoms with Crippen LogP contribution in [0.5, 0.6) is 0 Å². The standard InChI is InChI=1S/C24H34O10/c1-13(2)19-9-7-18(8-10-19)11-30-24-23(33-17(6)28)22(32-16(5)27)21(31-15(4)26)20(34-24)12-29-14(3)25/h7,19-24H,1,8-12H2,2-6H3/t19?,20-,21-,22+,23-,24-/m1/s1. The second-order valence-electron chi connectivity index (χ2n) is 8.56. The number of carbonyl (C=O) groups excluding carboxylic acids is 4. The second kappa shape index (κ2) is 12.7. The van der Waals surface area contributed by atoms with Crippen LogP contribution < -0.4 is 0 Å². The molecular formula is C24H34O10. The van der Waals surface area contributed by atoms with E-state index in [4.69, 9.17) is 28.4 Å². The molecule has 1 fully saturated rings. The Morgan fingerprint density at radius 3 is 2.00 bits per heavy atom. The van der Waals surface area contributed by atoms with Crippen LogP contribution in [0.1, 0.15) is 53.9 Å². The zero-order chi connectivity index (χ0) is 25.4. The molecule has 0 radical (unpaired) electrons. The lowest BCUT2D eigenvalue weighted by Crippen LogP contribution is -2.63. The molecular weight excluding hydrogens is 448 g/mol. The van der Waals surface area contributed by atoms with Crippen molar-refractivity contribution in [1.82, 2.24) is 0 Å². The first-order chi connectivity index (χ1) is 16.0. The molecule has 2 aliphatic rings. The molecule has 2 rings (SSSR count). The van der Waals surface area contributed by atoms with Gasteiger partial charge in [0.25, 0.3) is 0 Å². The van der Waals surface area contributed by atoms with Crippen molar-refractivity contribution < 1.29 is 47.6 Å². The second-order valence-corrected chi connectivity index (χ2v) is 8.56. The number of hydrogen-bond donors (Lipinski definition) is 0. The SMILES string of the molecule is C=C(C)C1CC=C(CO[C@@H]2O[C@H](COC(C)=O)[C@@H](OC(C)=O)[C@H](OC(C)=O)[C@H]2OC(C)=O)CC1. The Hall–Kier alpha value is -2.72.